The molecule has 0 saturated carbocycles. The van der Waals surface area contributed by atoms with Crippen molar-refractivity contribution in [3.05, 3.63) is 24.0 Å². The van der Waals surface area contributed by atoms with E-state index in [9.17, 15) is 0 Å². The van der Waals surface area contributed by atoms with Gasteiger partial charge in [-0.3, -0.25) is 4.98 Å². The van der Waals surface area contributed by atoms with Crippen LogP contribution in [0.15, 0.2) is 18.5 Å². The first-order chi connectivity index (χ1) is 9.58. The zero-order chi connectivity index (χ0) is 14.5. The van der Waals surface area contributed by atoms with Crippen molar-refractivity contribution in [2.24, 2.45) is 5.92 Å². The van der Waals surface area contributed by atoms with E-state index in [2.05, 4.69) is 54.0 Å². The van der Waals surface area contributed by atoms with Crippen molar-refractivity contribution in [2.75, 3.05) is 38.1 Å². The Balaban J connectivity index is 2.07. The second kappa shape index (κ2) is 7.04. The molecule has 0 bridgehead atoms. The minimum Gasteiger partial charge on any atom is -0.366 e. The lowest BCUT2D eigenvalue weighted by atomic mass is 10.1. The summed E-state index contributed by atoms with van der Waals surface area (Å²) in [5.41, 5.74) is 2.65. The quantitative estimate of drug-likeness (QED) is 0.891. The molecule has 1 aromatic rings. The number of rotatable bonds is 5. The van der Waals surface area contributed by atoms with E-state index in [-0.39, 0.29) is 0 Å². The largest absolute Gasteiger partial charge is 0.366 e. The number of likely N-dealkylation sites (N-methyl/N-ethyl adjacent to an activating group) is 1. The molecule has 1 saturated heterocycles. The van der Waals surface area contributed by atoms with Gasteiger partial charge in [-0.05, 0) is 32.5 Å². The van der Waals surface area contributed by atoms with E-state index in [1.807, 2.05) is 12.4 Å². The molecule has 112 valence electrons. The minimum absolute atomic E-state index is 0.556. The molecular weight excluding hydrogens is 248 g/mol. The third-order valence-corrected chi connectivity index (χ3v) is 3.89. The third kappa shape index (κ3) is 3.93. The highest BCUT2D eigenvalue weighted by molar-refractivity contribution is 5.53. The second-order valence-electron chi connectivity index (χ2n) is 6.33. The number of pyridine rings is 1. The van der Waals surface area contributed by atoms with Crippen molar-refractivity contribution in [3.8, 4) is 0 Å². The van der Waals surface area contributed by atoms with E-state index in [4.69, 9.17) is 0 Å². The van der Waals surface area contributed by atoms with Crippen LogP contribution in [0.3, 0.4) is 0 Å². The summed E-state index contributed by atoms with van der Waals surface area (Å²) in [4.78, 5) is 9.22. The molecule has 2 heterocycles. The highest BCUT2D eigenvalue weighted by Gasteiger charge is 2.23. The van der Waals surface area contributed by atoms with Gasteiger partial charge in [-0.2, -0.15) is 0 Å². The van der Waals surface area contributed by atoms with Gasteiger partial charge >= 0.3 is 0 Å². The molecule has 1 aromatic heterocycles. The van der Waals surface area contributed by atoms with E-state index >= 15 is 0 Å². The van der Waals surface area contributed by atoms with Gasteiger partial charge in [0, 0.05) is 55.9 Å². The Kier molecular flexibility index (Phi) is 5.38. The average molecular weight is 276 g/mol. The maximum absolute atomic E-state index is 4.30. The molecule has 1 aliphatic rings. The van der Waals surface area contributed by atoms with Crippen LogP contribution in [0.5, 0.6) is 0 Å². The Morgan fingerprint density at radius 2 is 2.20 bits per heavy atom. The molecule has 1 fully saturated rings. The van der Waals surface area contributed by atoms with Crippen molar-refractivity contribution in [3.63, 3.8) is 0 Å². The molecule has 1 unspecified atom stereocenters. The molecule has 0 amide bonds. The van der Waals surface area contributed by atoms with E-state index in [0.717, 1.165) is 32.7 Å². The summed E-state index contributed by atoms with van der Waals surface area (Å²) >= 11 is 0. The Morgan fingerprint density at radius 3 is 2.90 bits per heavy atom. The number of nitrogens with one attached hydrogen (secondary N) is 1. The maximum atomic E-state index is 4.30. The summed E-state index contributed by atoms with van der Waals surface area (Å²) in [6.07, 6.45) is 3.92. The first kappa shape index (κ1) is 15.3. The number of nitrogens with zero attached hydrogens (tertiary/aromatic N) is 3. The topological polar surface area (TPSA) is 31.4 Å². The fourth-order valence-electron chi connectivity index (χ4n) is 2.83. The molecule has 1 atom stereocenters. The molecule has 20 heavy (non-hydrogen) atoms. The Bertz CT molecular complexity index is 419. The first-order valence-electron chi connectivity index (χ1n) is 7.66. The SMILES string of the molecule is CC(C)CNCc1cnccc1N1CCN(C)CC1C. The fraction of sp³-hybridized carbons (Fsp3) is 0.688. The van der Waals surface area contributed by atoms with Crippen LogP contribution < -0.4 is 10.2 Å². The standard InChI is InChI=1S/C16H28N4/c1-13(2)9-18-11-15-10-17-6-5-16(15)20-8-7-19(4)12-14(20)3/h5-6,10,13-14,18H,7-9,11-12H2,1-4H3. The molecule has 0 aliphatic carbocycles. The van der Waals surface area contributed by atoms with Crippen LogP contribution in [0.2, 0.25) is 0 Å². The highest BCUT2D eigenvalue weighted by atomic mass is 15.3. The molecule has 0 aromatic carbocycles. The van der Waals surface area contributed by atoms with Gasteiger partial charge in [0.15, 0.2) is 0 Å². The summed E-state index contributed by atoms with van der Waals surface area (Å²) in [6.45, 7) is 12.1. The molecule has 0 spiro atoms. The lowest BCUT2D eigenvalue weighted by molar-refractivity contribution is 0.275. The normalized spacial score (nSPS) is 20.6. The highest BCUT2D eigenvalue weighted by Crippen LogP contribution is 2.23. The summed E-state index contributed by atoms with van der Waals surface area (Å²) < 4.78 is 0. The molecule has 4 nitrogen and oxygen atoms in total. The van der Waals surface area contributed by atoms with Gasteiger partial charge in [-0.1, -0.05) is 13.8 Å². The van der Waals surface area contributed by atoms with E-state index in [1.165, 1.54) is 11.3 Å². The van der Waals surface area contributed by atoms with Gasteiger partial charge in [0.25, 0.3) is 0 Å². The minimum atomic E-state index is 0.556. The Hall–Kier alpha value is -1.13. The number of anilines is 1. The first-order valence-corrected chi connectivity index (χ1v) is 7.66. The molecule has 1 N–H and O–H groups in total. The lowest BCUT2D eigenvalue weighted by Crippen LogP contribution is -2.50. The monoisotopic (exact) mass is 276 g/mol. The van der Waals surface area contributed by atoms with Crippen LogP contribution in [0, 0.1) is 5.92 Å². The van der Waals surface area contributed by atoms with Gasteiger partial charge in [-0.25, -0.2) is 0 Å². The smallest absolute Gasteiger partial charge is 0.0446 e. The summed E-state index contributed by atoms with van der Waals surface area (Å²) in [7, 11) is 2.20. The Labute approximate surface area is 123 Å². The van der Waals surface area contributed by atoms with E-state index in [0.29, 0.717) is 12.0 Å². The van der Waals surface area contributed by atoms with Gasteiger partial charge < -0.3 is 15.1 Å². The molecule has 1 aliphatic heterocycles. The molecular formula is C16H28N4. The Morgan fingerprint density at radius 1 is 1.40 bits per heavy atom. The van der Waals surface area contributed by atoms with Gasteiger partial charge in [0.05, 0.1) is 0 Å². The van der Waals surface area contributed by atoms with E-state index < -0.39 is 0 Å². The predicted octanol–water partition coefficient (Wildman–Crippen LogP) is 1.97. The number of aromatic nitrogens is 1. The van der Waals surface area contributed by atoms with Crippen LogP contribution in [0.1, 0.15) is 26.3 Å². The van der Waals surface area contributed by atoms with Crippen LogP contribution in [-0.2, 0) is 6.54 Å². The molecule has 4 heteroatoms. The average Bonchev–Trinajstić information content (AvgIpc) is 2.39. The number of hydrogen-bond donors (Lipinski definition) is 1. The summed E-state index contributed by atoms with van der Waals surface area (Å²) in [5.74, 6) is 0.678. The van der Waals surface area contributed by atoms with Gasteiger partial charge in [-0.15, -0.1) is 0 Å². The number of hydrogen-bond acceptors (Lipinski definition) is 4. The second-order valence-corrected chi connectivity index (χ2v) is 6.33. The van der Waals surface area contributed by atoms with E-state index in [1.54, 1.807) is 0 Å². The predicted molar refractivity (Wildman–Crippen MR) is 85.1 cm³/mol. The van der Waals surface area contributed by atoms with Crippen LogP contribution in [0.25, 0.3) is 0 Å². The van der Waals surface area contributed by atoms with Crippen LogP contribution in [-0.4, -0.2) is 49.2 Å². The zero-order valence-electron chi connectivity index (χ0n) is 13.3. The van der Waals surface area contributed by atoms with Crippen molar-refractivity contribution >= 4 is 5.69 Å². The summed E-state index contributed by atoms with van der Waals surface area (Å²) in [6, 6.07) is 2.72. The summed E-state index contributed by atoms with van der Waals surface area (Å²) in [5, 5.41) is 3.53. The van der Waals surface area contributed by atoms with Crippen molar-refractivity contribution in [1.82, 2.24) is 15.2 Å². The zero-order valence-corrected chi connectivity index (χ0v) is 13.3. The van der Waals surface area contributed by atoms with Gasteiger partial charge in [0.1, 0.15) is 0 Å². The maximum Gasteiger partial charge on any atom is 0.0446 e. The van der Waals surface area contributed by atoms with Crippen molar-refractivity contribution in [1.29, 1.82) is 0 Å². The number of piperazine rings is 1. The van der Waals surface area contributed by atoms with Crippen LogP contribution in [0.4, 0.5) is 5.69 Å². The molecule has 2 rings (SSSR count). The lowest BCUT2D eigenvalue weighted by Gasteiger charge is -2.40. The third-order valence-electron chi connectivity index (χ3n) is 3.89. The fourth-order valence-corrected chi connectivity index (χ4v) is 2.83. The van der Waals surface area contributed by atoms with Crippen LogP contribution >= 0.6 is 0 Å². The van der Waals surface area contributed by atoms with Gasteiger partial charge in [0.2, 0.25) is 0 Å². The van der Waals surface area contributed by atoms with Crippen molar-refractivity contribution < 1.29 is 0 Å². The molecule has 0 radical (unpaired) electrons. The van der Waals surface area contributed by atoms with Crippen molar-refractivity contribution in [2.45, 2.75) is 33.4 Å².